The zero-order valence-corrected chi connectivity index (χ0v) is 10.8. The average molecular weight is 196 g/mol. The summed E-state index contributed by atoms with van der Waals surface area (Å²) in [4.78, 5) is 0. The Morgan fingerprint density at radius 2 is 1.64 bits per heavy atom. The van der Waals surface area contributed by atoms with Crippen molar-refractivity contribution >= 4 is 0 Å². The van der Waals surface area contributed by atoms with Gasteiger partial charge in [0.2, 0.25) is 0 Å². The highest BCUT2D eigenvalue weighted by Gasteiger charge is 2.42. The lowest BCUT2D eigenvalue weighted by Crippen LogP contribution is -2.38. The Morgan fingerprint density at radius 1 is 1.14 bits per heavy atom. The fourth-order valence-electron chi connectivity index (χ4n) is 3.17. The fourth-order valence-corrected chi connectivity index (χ4v) is 3.17. The first-order valence-electron chi connectivity index (χ1n) is 6.41. The number of rotatable bonds is 2. The van der Waals surface area contributed by atoms with Gasteiger partial charge in [-0.05, 0) is 36.0 Å². The summed E-state index contributed by atoms with van der Waals surface area (Å²) in [5, 5.41) is 0. The summed E-state index contributed by atoms with van der Waals surface area (Å²) >= 11 is 0. The van der Waals surface area contributed by atoms with Gasteiger partial charge < -0.3 is 0 Å². The second kappa shape index (κ2) is 4.24. The van der Waals surface area contributed by atoms with Gasteiger partial charge in [0.05, 0.1) is 0 Å². The summed E-state index contributed by atoms with van der Waals surface area (Å²) in [6.45, 7) is 12.1. The van der Waals surface area contributed by atoms with E-state index in [1.54, 1.807) is 0 Å². The van der Waals surface area contributed by atoms with Crippen molar-refractivity contribution in [2.75, 3.05) is 0 Å². The molecule has 14 heavy (non-hydrogen) atoms. The highest BCUT2D eigenvalue weighted by molar-refractivity contribution is 4.93. The SMILES string of the molecule is CCCC1(C(C)(C)C)CCC(C)CC1. The molecular formula is C14H28. The molecule has 1 aliphatic carbocycles. The fraction of sp³-hybridized carbons (Fsp3) is 1.00. The largest absolute Gasteiger partial charge is 0.0654 e. The van der Waals surface area contributed by atoms with Crippen LogP contribution in [0.15, 0.2) is 0 Å². The van der Waals surface area contributed by atoms with Crippen molar-refractivity contribution in [3.8, 4) is 0 Å². The zero-order chi connectivity index (χ0) is 10.8. The third-order valence-electron chi connectivity index (χ3n) is 4.55. The standard InChI is InChI=1S/C14H28/c1-6-9-14(13(3,4)5)10-7-12(2)8-11-14/h12H,6-11H2,1-5H3. The van der Waals surface area contributed by atoms with E-state index in [2.05, 4.69) is 34.6 Å². The van der Waals surface area contributed by atoms with Crippen molar-refractivity contribution in [3.63, 3.8) is 0 Å². The van der Waals surface area contributed by atoms with Crippen molar-refractivity contribution in [1.82, 2.24) is 0 Å². The topological polar surface area (TPSA) is 0 Å². The van der Waals surface area contributed by atoms with Crippen molar-refractivity contribution in [1.29, 1.82) is 0 Å². The van der Waals surface area contributed by atoms with Gasteiger partial charge in [-0.2, -0.15) is 0 Å². The maximum atomic E-state index is 2.44. The van der Waals surface area contributed by atoms with Crippen LogP contribution in [-0.2, 0) is 0 Å². The predicted octanol–water partition coefficient (Wildman–Crippen LogP) is 5.03. The molecule has 1 aliphatic rings. The normalized spacial score (nSPS) is 34.5. The van der Waals surface area contributed by atoms with Crippen LogP contribution in [-0.4, -0.2) is 0 Å². The summed E-state index contributed by atoms with van der Waals surface area (Å²) in [7, 11) is 0. The molecule has 84 valence electrons. The van der Waals surface area contributed by atoms with E-state index in [0.717, 1.165) is 5.92 Å². The third kappa shape index (κ3) is 2.32. The zero-order valence-electron chi connectivity index (χ0n) is 10.8. The second-order valence-electron chi connectivity index (χ2n) is 6.46. The van der Waals surface area contributed by atoms with Gasteiger partial charge in [-0.15, -0.1) is 0 Å². The van der Waals surface area contributed by atoms with Gasteiger partial charge >= 0.3 is 0 Å². The van der Waals surface area contributed by atoms with E-state index in [-0.39, 0.29) is 0 Å². The van der Waals surface area contributed by atoms with Gasteiger partial charge in [0.1, 0.15) is 0 Å². The number of hydrogen-bond donors (Lipinski definition) is 0. The molecule has 0 spiro atoms. The highest BCUT2D eigenvalue weighted by atomic mass is 14.5. The summed E-state index contributed by atoms with van der Waals surface area (Å²) in [6, 6.07) is 0. The van der Waals surface area contributed by atoms with E-state index >= 15 is 0 Å². The molecule has 0 aliphatic heterocycles. The maximum absolute atomic E-state index is 2.44. The van der Waals surface area contributed by atoms with Gasteiger partial charge in [-0.25, -0.2) is 0 Å². The van der Waals surface area contributed by atoms with Gasteiger partial charge in [-0.1, -0.05) is 53.9 Å². The van der Waals surface area contributed by atoms with Crippen LogP contribution in [0.2, 0.25) is 0 Å². The molecule has 0 nitrogen and oxygen atoms in total. The van der Waals surface area contributed by atoms with Crippen molar-refractivity contribution < 1.29 is 0 Å². The monoisotopic (exact) mass is 196 g/mol. The van der Waals surface area contributed by atoms with Crippen LogP contribution in [0.5, 0.6) is 0 Å². The molecule has 0 radical (unpaired) electrons. The Bertz CT molecular complexity index is 165. The van der Waals surface area contributed by atoms with Crippen molar-refractivity contribution in [2.45, 2.75) is 73.1 Å². The van der Waals surface area contributed by atoms with E-state index in [4.69, 9.17) is 0 Å². The van der Waals surface area contributed by atoms with Crippen LogP contribution in [0, 0.1) is 16.7 Å². The molecule has 0 aromatic carbocycles. The molecule has 0 N–H and O–H groups in total. The van der Waals surface area contributed by atoms with Crippen LogP contribution >= 0.6 is 0 Å². The maximum Gasteiger partial charge on any atom is -0.0249 e. The minimum Gasteiger partial charge on any atom is -0.0654 e. The lowest BCUT2D eigenvalue weighted by molar-refractivity contribution is 0.0153. The smallest absolute Gasteiger partial charge is 0.0249 e. The van der Waals surface area contributed by atoms with Crippen molar-refractivity contribution in [2.24, 2.45) is 16.7 Å². The molecule has 0 aromatic rings. The molecule has 0 unspecified atom stereocenters. The third-order valence-corrected chi connectivity index (χ3v) is 4.55. The van der Waals surface area contributed by atoms with Crippen LogP contribution in [0.3, 0.4) is 0 Å². The first kappa shape index (κ1) is 12.1. The Hall–Kier alpha value is 0. The summed E-state index contributed by atoms with van der Waals surface area (Å²) in [6.07, 6.45) is 8.63. The Balaban J connectivity index is 2.73. The Morgan fingerprint density at radius 3 is 2.00 bits per heavy atom. The summed E-state index contributed by atoms with van der Waals surface area (Å²) < 4.78 is 0. The average Bonchev–Trinajstić information content (AvgIpc) is 2.07. The molecule has 1 rings (SSSR count). The van der Waals surface area contributed by atoms with E-state index in [1.165, 1.54) is 38.5 Å². The minimum atomic E-state index is 0.503. The lowest BCUT2D eigenvalue weighted by Gasteiger charge is -2.49. The van der Waals surface area contributed by atoms with Crippen molar-refractivity contribution in [3.05, 3.63) is 0 Å². The number of hydrogen-bond acceptors (Lipinski definition) is 0. The lowest BCUT2D eigenvalue weighted by atomic mass is 9.56. The highest BCUT2D eigenvalue weighted by Crippen LogP contribution is 2.53. The second-order valence-corrected chi connectivity index (χ2v) is 6.46. The van der Waals surface area contributed by atoms with Gasteiger partial charge in [0.15, 0.2) is 0 Å². The predicted molar refractivity (Wildman–Crippen MR) is 64.4 cm³/mol. The Kier molecular flexibility index (Phi) is 3.66. The van der Waals surface area contributed by atoms with Gasteiger partial charge in [0, 0.05) is 0 Å². The van der Waals surface area contributed by atoms with Gasteiger partial charge in [0.25, 0.3) is 0 Å². The van der Waals surface area contributed by atoms with Crippen LogP contribution in [0.1, 0.15) is 73.1 Å². The van der Waals surface area contributed by atoms with E-state index < -0.39 is 0 Å². The first-order valence-corrected chi connectivity index (χ1v) is 6.41. The molecule has 0 heteroatoms. The Labute approximate surface area is 90.5 Å². The molecule has 0 bridgehead atoms. The van der Waals surface area contributed by atoms with Crippen LogP contribution in [0.25, 0.3) is 0 Å². The van der Waals surface area contributed by atoms with Gasteiger partial charge in [-0.3, -0.25) is 0 Å². The van der Waals surface area contributed by atoms with E-state index in [9.17, 15) is 0 Å². The molecule has 0 aromatic heterocycles. The molecule has 0 atom stereocenters. The quantitative estimate of drug-likeness (QED) is 0.581. The molecule has 0 saturated heterocycles. The first-order chi connectivity index (χ1) is 6.41. The molecular weight excluding hydrogens is 168 g/mol. The molecule has 0 amide bonds. The summed E-state index contributed by atoms with van der Waals surface area (Å²) in [5.41, 5.74) is 1.15. The van der Waals surface area contributed by atoms with Crippen LogP contribution in [0.4, 0.5) is 0 Å². The molecule has 1 saturated carbocycles. The van der Waals surface area contributed by atoms with E-state index in [1.807, 2.05) is 0 Å². The minimum absolute atomic E-state index is 0.503. The molecule has 1 fully saturated rings. The van der Waals surface area contributed by atoms with E-state index in [0.29, 0.717) is 10.8 Å². The van der Waals surface area contributed by atoms with Crippen LogP contribution < -0.4 is 0 Å². The molecule has 0 heterocycles. The summed E-state index contributed by atoms with van der Waals surface area (Å²) in [5.74, 6) is 0.974.